The quantitative estimate of drug-likeness (QED) is 0.886. The number of hydrogen-bond acceptors (Lipinski definition) is 2. The predicted octanol–water partition coefficient (Wildman–Crippen LogP) is 4.32. The van der Waals surface area contributed by atoms with Crippen LogP contribution in [0, 0.1) is 6.92 Å². The molecule has 1 atom stereocenters. The summed E-state index contributed by atoms with van der Waals surface area (Å²) < 4.78 is 1.19. The van der Waals surface area contributed by atoms with Crippen molar-refractivity contribution in [3.63, 3.8) is 0 Å². The van der Waals surface area contributed by atoms with Crippen LogP contribution in [-0.4, -0.2) is 7.05 Å². The van der Waals surface area contributed by atoms with E-state index in [1.54, 1.807) is 11.3 Å². The summed E-state index contributed by atoms with van der Waals surface area (Å²) in [5.74, 6) is 0. The Balaban J connectivity index is 2.23. The van der Waals surface area contributed by atoms with Gasteiger partial charge in [-0.1, -0.05) is 28.1 Å². The second-order valence-corrected chi connectivity index (χ2v) is 5.84. The molecule has 1 aromatic carbocycles. The summed E-state index contributed by atoms with van der Waals surface area (Å²) in [5, 5.41) is 7.74. The lowest BCUT2D eigenvalue weighted by Gasteiger charge is -2.18. The molecule has 3 heteroatoms. The number of halogens is 1. The van der Waals surface area contributed by atoms with Crippen LogP contribution in [-0.2, 0) is 6.42 Å². The molecular formula is C14H16BrNS. The molecule has 1 nitrogen and oxygen atoms in total. The average Bonchev–Trinajstić information content (AvgIpc) is 2.79. The van der Waals surface area contributed by atoms with Gasteiger partial charge in [0.05, 0.1) is 0 Å². The Labute approximate surface area is 115 Å². The van der Waals surface area contributed by atoms with Gasteiger partial charge < -0.3 is 5.32 Å². The van der Waals surface area contributed by atoms with Crippen LogP contribution < -0.4 is 5.32 Å². The summed E-state index contributed by atoms with van der Waals surface area (Å²) >= 11 is 5.41. The number of hydrogen-bond donors (Lipinski definition) is 1. The molecule has 2 rings (SSSR count). The van der Waals surface area contributed by atoms with Gasteiger partial charge in [-0.15, -0.1) is 0 Å². The van der Waals surface area contributed by atoms with Crippen LogP contribution in [0.1, 0.15) is 22.7 Å². The maximum absolute atomic E-state index is 3.66. The van der Waals surface area contributed by atoms with E-state index in [4.69, 9.17) is 0 Å². The van der Waals surface area contributed by atoms with Crippen LogP contribution in [0.15, 0.2) is 39.5 Å². The van der Waals surface area contributed by atoms with E-state index >= 15 is 0 Å². The van der Waals surface area contributed by atoms with Crippen LogP contribution in [0.25, 0.3) is 0 Å². The number of aryl methyl sites for hydroxylation is 1. The van der Waals surface area contributed by atoms with Crippen molar-refractivity contribution in [1.29, 1.82) is 0 Å². The van der Waals surface area contributed by atoms with Gasteiger partial charge in [0.15, 0.2) is 0 Å². The van der Waals surface area contributed by atoms with Gasteiger partial charge in [-0.3, -0.25) is 0 Å². The zero-order valence-corrected chi connectivity index (χ0v) is 12.4. The molecule has 1 aromatic heterocycles. The van der Waals surface area contributed by atoms with Gasteiger partial charge in [-0.25, -0.2) is 0 Å². The smallest absolute Gasteiger partial charge is 0.0369 e. The third-order valence-electron chi connectivity index (χ3n) is 2.90. The van der Waals surface area contributed by atoms with Crippen LogP contribution in [0.4, 0.5) is 0 Å². The molecule has 0 amide bonds. The van der Waals surface area contributed by atoms with Gasteiger partial charge in [-0.2, -0.15) is 11.3 Å². The number of nitrogens with one attached hydrogen (secondary N) is 1. The van der Waals surface area contributed by atoms with E-state index in [2.05, 4.69) is 63.2 Å². The number of rotatable bonds is 4. The summed E-state index contributed by atoms with van der Waals surface area (Å²) in [6, 6.07) is 9.09. The monoisotopic (exact) mass is 309 g/mol. The third-order valence-corrected chi connectivity index (χ3v) is 4.32. The lowest BCUT2D eigenvalue weighted by Crippen LogP contribution is -2.19. The SMILES string of the molecule is CNC(Cc1ccsc1)c1ccc(C)cc1Br. The van der Waals surface area contributed by atoms with E-state index in [9.17, 15) is 0 Å². The Morgan fingerprint density at radius 1 is 1.35 bits per heavy atom. The molecule has 0 radical (unpaired) electrons. The molecule has 0 fully saturated rings. The van der Waals surface area contributed by atoms with Crippen molar-refractivity contribution < 1.29 is 0 Å². The first-order valence-electron chi connectivity index (χ1n) is 5.65. The largest absolute Gasteiger partial charge is 0.313 e. The Morgan fingerprint density at radius 3 is 2.76 bits per heavy atom. The minimum absolute atomic E-state index is 0.361. The summed E-state index contributed by atoms with van der Waals surface area (Å²) in [6.07, 6.45) is 1.03. The van der Waals surface area contributed by atoms with Crippen molar-refractivity contribution in [2.24, 2.45) is 0 Å². The molecule has 2 aromatic rings. The predicted molar refractivity (Wildman–Crippen MR) is 78.7 cm³/mol. The first-order valence-corrected chi connectivity index (χ1v) is 7.38. The summed E-state index contributed by atoms with van der Waals surface area (Å²) in [4.78, 5) is 0. The van der Waals surface area contributed by atoms with Crippen LogP contribution in [0.3, 0.4) is 0 Å². The van der Waals surface area contributed by atoms with Gasteiger partial charge in [0.1, 0.15) is 0 Å². The Kier molecular flexibility index (Phi) is 4.37. The average molecular weight is 310 g/mol. The highest BCUT2D eigenvalue weighted by atomic mass is 79.9. The molecule has 90 valence electrons. The molecule has 17 heavy (non-hydrogen) atoms. The molecule has 0 saturated carbocycles. The van der Waals surface area contributed by atoms with Crippen molar-refractivity contribution in [3.05, 3.63) is 56.2 Å². The fraction of sp³-hybridized carbons (Fsp3) is 0.286. The van der Waals surface area contributed by atoms with Crippen LogP contribution in [0.5, 0.6) is 0 Å². The summed E-state index contributed by atoms with van der Waals surface area (Å²) in [5.41, 5.74) is 4.00. The number of likely N-dealkylation sites (N-methyl/N-ethyl adjacent to an activating group) is 1. The maximum atomic E-state index is 3.66. The molecule has 0 bridgehead atoms. The standard InChI is InChI=1S/C14H16BrNS/c1-10-3-4-12(13(15)7-10)14(16-2)8-11-5-6-17-9-11/h3-7,9,14,16H,8H2,1-2H3. The molecule has 0 aliphatic rings. The first-order chi connectivity index (χ1) is 8.20. The summed E-state index contributed by atoms with van der Waals surface area (Å²) in [7, 11) is 2.02. The molecule has 1 unspecified atom stereocenters. The zero-order valence-electron chi connectivity index (χ0n) is 10.0. The normalized spacial score (nSPS) is 12.6. The van der Waals surface area contributed by atoms with Gasteiger partial charge in [0.25, 0.3) is 0 Å². The van der Waals surface area contributed by atoms with Gasteiger partial charge in [0.2, 0.25) is 0 Å². The molecular weight excluding hydrogens is 294 g/mol. The highest BCUT2D eigenvalue weighted by Crippen LogP contribution is 2.27. The lowest BCUT2D eigenvalue weighted by molar-refractivity contribution is 0.590. The minimum Gasteiger partial charge on any atom is -0.313 e. The fourth-order valence-electron chi connectivity index (χ4n) is 1.93. The van der Waals surface area contributed by atoms with Crippen molar-refractivity contribution in [1.82, 2.24) is 5.32 Å². The van der Waals surface area contributed by atoms with Gasteiger partial charge in [-0.05, 0) is 60.0 Å². The highest BCUT2D eigenvalue weighted by molar-refractivity contribution is 9.10. The van der Waals surface area contributed by atoms with Crippen molar-refractivity contribution >= 4 is 27.3 Å². The summed E-state index contributed by atoms with van der Waals surface area (Å²) in [6.45, 7) is 2.11. The molecule has 1 N–H and O–H groups in total. The Hall–Kier alpha value is -0.640. The van der Waals surface area contributed by atoms with Crippen molar-refractivity contribution in [3.8, 4) is 0 Å². The third kappa shape index (κ3) is 3.18. The second-order valence-electron chi connectivity index (χ2n) is 4.20. The van der Waals surface area contributed by atoms with E-state index in [1.807, 2.05) is 7.05 Å². The number of benzene rings is 1. The van der Waals surface area contributed by atoms with Gasteiger partial charge in [0, 0.05) is 10.5 Å². The van der Waals surface area contributed by atoms with E-state index in [1.165, 1.54) is 21.2 Å². The van der Waals surface area contributed by atoms with E-state index in [-0.39, 0.29) is 0 Å². The Morgan fingerprint density at radius 2 is 2.18 bits per heavy atom. The second kappa shape index (κ2) is 5.80. The van der Waals surface area contributed by atoms with E-state index in [0.717, 1.165) is 6.42 Å². The van der Waals surface area contributed by atoms with E-state index in [0.29, 0.717) is 6.04 Å². The molecule has 0 aliphatic heterocycles. The fourth-order valence-corrected chi connectivity index (χ4v) is 3.38. The van der Waals surface area contributed by atoms with Crippen molar-refractivity contribution in [2.45, 2.75) is 19.4 Å². The molecule has 1 heterocycles. The van der Waals surface area contributed by atoms with E-state index < -0.39 is 0 Å². The topological polar surface area (TPSA) is 12.0 Å². The van der Waals surface area contributed by atoms with Crippen LogP contribution >= 0.6 is 27.3 Å². The molecule has 0 saturated heterocycles. The van der Waals surface area contributed by atoms with Crippen LogP contribution in [0.2, 0.25) is 0 Å². The number of thiophene rings is 1. The highest BCUT2D eigenvalue weighted by Gasteiger charge is 2.13. The molecule has 0 spiro atoms. The lowest BCUT2D eigenvalue weighted by atomic mass is 10.00. The minimum atomic E-state index is 0.361. The first kappa shape index (κ1) is 12.8. The zero-order chi connectivity index (χ0) is 12.3. The Bertz CT molecular complexity index is 479. The maximum Gasteiger partial charge on any atom is 0.0369 e. The molecule has 0 aliphatic carbocycles. The van der Waals surface area contributed by atoms with Crippen molar-refractivity contribution in [2.75, 3.05) is 7.05 Å². The van der Waals surface area contributed by atoms with Gasteiger partial charge >= 0.3 is 0 Å².